The van der Waals surface area contributed by atoms with Gasteiger partial charge < -0.3 is 24.8 Å². The molecule has 1 unspecified atom stereocenters. The van der Waals surface area contributed by atoms with Crippen molar-refractivity contribution >= 4 is 52.1 Å². The molecule has 9 heteroatoms. The summed E-state index contributed by atoms with van der Waals surface area (Å²) in [6.07, 6.45) is 5.64. The first-order chi connectivity index (χ1) is 16.1. The number of hydrogen-bond donors (Lipinski definition) is 2. The van der Waals surface area contributed by atoms with Gasteiger partial charge in [0.1, 0.15) is 11.5 Å². The maximum atomic E-state index is 10.1. The van der Waals surface area contributed by atoms with Crippen LogP contribution in [0, 0.1) is 0 Å². The fraction of sp³-hybridized carbons (Fsp3) is 0.333. The van der Waals surface area contributed by atoms with Gasteiger partial charge in [0.2, 0.25) is 0 Å². The van der Waals surface area contributed by atoms with Gasteiger partial charge in [-0.1, -0.05) is 17.8 Å². The van der Waals surface area contributed by atoms with Gasteiger partial charge in [0, 0.05) is 42.1 Å². The molecule has 2 aromatic heterocycles. The van der Waals surface area contributed by atoms with Crippen molar-refractivity contribution in [1.82, 2.24) is 14.9 Å². The first kappa shape index (κ1) is 22.1. The van der Waals surface area contributed by atoms with E-state index in [1.165, 1.54) is 39.5 Å². The molecule has 172 valence electrons. The van der Waals surface area contributed by atoms with E-state index in [0.717, 1.165) is 44.9 Å². The number of hydrogen-bond acceptors (Lipinski definition) is 8. The molecular weight excluding hydrogens is 455 g/mol. The van der Waals surface area contributed by atoms with Crippen molar-refractivity contribution in [2.75, 3.05) is 38.6 Å². The van der Waals surface area contributed by atoms with Crippen LogP contribution in [0.25, 0.3) is 21.1 Å². The number of pyridine rings is 1. The SMILES string of the molecule is COc1cc2c(Oc3cc4sc(NCCN5CCCCC5)nc4cc3P)ccnc2cc1O. The highest BCUT2D eigenvalue weighted by Crippen LogP contribution is 2.37. The average Bonchev–Trinajstić information content (AvgIpc) is 3.21. The number of nitrogens with zero attached hydrogens (tertiary/aromatic N) is 3. The third kappa shape index (κ3) is 4.83. The van der Waals surface area contributed by atoms with Gasteiger partial charge in [-0.2, -0.15) is 0 Å². The Balaban J connectivity index is 1.36. The number of nitrogens with one attached hydrogen (secondary N) is 1. The number of benzene rings is 2. The van der Waals surface area contributed by atoms with Gasteiger partial charge in [0.25, 0.3) is 0 Å². The Morgan fingerprint density at radius 1 is 1.09 bits per heavy atom. The third-order valence-corrected chi connectivity index (χ3v) is 7.32. The second-order valence-electron chi connectivity index (χ2n) is 8.16. The number of aromatic nitrogens is 2. The van der Waals surface area contributed by atoms with Gasteiger partial charge in [-0.15, -0.1) is 9.24 Å². The summed E-state index contributed by atoms with van der Waals surface area (Å²) in [5.74, 6) is 1.80. The van der Waals surface area contributed by atoms with E-state index in [-0.39, 0.29) is 5.75 Å². The van der Waals surface area contributed by atoms with Crippen LogP contribution in [0.1, 0.15) is 19.3 Å². The number of phenols is 1. The summed E-state index contributed by atoms with van der Waals surface area (Å²) < 4.78 is 12.6. The van der Waals surface area contributed by atoms with Crippen LogP contribution in [-0.2, 0) is 0 Å². The number of rotatable bonds is 7. The minimum Gasteiger partial charge on any atom is -0.504 e. The van der Waals surface area contributed by atoms with Crippen LogP contribution in [-0.4, -0.2) is 53.3 Å². The molecule has 1 aliphatic rings. The quantitative estimate of drug-likeness (QED) is 0.368. The molecular formula is C24H27N4O3PS. The van der Waals surface area contributed by atoms with Gasteiger partial charge in [-0.25, -0.2) is 4.98 Å². The molecule has 1 saturated heterocycles. The van der Waals surface area contributed by atoms with Gasteiger partial charge in [-0.05, 0) is 44.1 Å². The second-order valence-corrected chi connectivity index (χ2v) is 9.81. The molecule has 3 heterocycles. The predicted molar refractivity (Wildman–Crippen MR) is 138 cm³/mol. The first-order valence-corrected chi connectivity index (χ1v) is 12.5. The van der Waals surface area contributed by atoms with E-state index in [9.17, 15) is 5.11 Å². The molecule has 0 radical (unpaired) electrons. The van der Waals surface area contributed by atoms with Crippen molar-refractivity contribution in [1.29, 1.82) is 0 Å². The average molecular weight is 483 g/mol. The first-order valence-electron chi connectivity index (χ1n) is 11.1. The predicted octanol–water partition coefficient (Wildman–Crippen LogP) is 4.75. The molecule has 2 N–H and O–H groups in total. The lowest BCUT2D eigenvalue weighted by Gasteiger charge is -2.26. The summed E-state index contributed by atoms with van der Waals surface area (Å²) in [5.41, 5.74) is 1.58. The Labute approximate surface area is 199 Å². The van der Waals surface area contributed by atoms with Crippen molar-refractivity contribution < 1.29 is 14.6 Å². The number of methoxy groups -OCH3 is 1. The molecule has 0 bridgehead atoms. The minimum atomic E-state index is 0.0489. The van der Waals surface area contributed by atoms with Crippen molar-refractivity contribution in [2.45, 2.75) is 19.3 Å². The number of phenolic OH excluding ortho intramolecular Hbond substituents is 1. The van der Waals surface area contributed by atoms with E-state index >= 15 is 0 Å². The summed E-state index contributed by atoms with van der Waals surface area (Å²) in [5, 5.41) is 16.2. The zero-order valence-corrected chi connectivity index (χ0v) is 20.5. The smallest absolute Gasteiger partial charge is 0.183 e. The van der Waals surface area contributed by atoms with Crippen LogP contribution in [0.5, 0.6) is 23.0 Å². The number of likely N-dealkylation sites (tertiary alicyclic amines) is 1. The summed E-state index contributed by atoms with van der Waals surface area (Å²) in [6, 6.07) is 9.18. The molecule has 4 aromatic rings. The number of anilines is 1. The van der Waals surface area contributed by atoms with Crippen molar-refractivity contribution in [3.8, 4) is 23.0 Å². The number of thiazole rings is 1. The minimum absolute atomic E-state index is 0.0489. The standard InChI is InChI=1S/C24H27N4O3PS/c1-30-20-11-15-16(12-18(20)29)25-6-5-19(15)31-21-14-23-17(13-22(21)32)27-24(33-23)26-7-10-28-8-3-2-4-9-28/h5-6,11-14,29H,2-4,7-10,32H2,1H3,(H,26,27). The van der Waals surface area contributed by atoms with E-state index in [1.54, 1.807) is 29.7 Å². The van der Waals surface area contributed by atoms with E-state index in [2.05, 4.69) is 24.4 Å². The molecule has 2 aromatic carbocycles. The highest BCUT2D eigenvalue weighted by Gasteiger charge is 2.14. The monoisotopic (exact) mass is 482 g/mol. The van der Waals surface area contributed by atoms with Gasteiger partial charge in [0.15, 0.2) is 16.6 Å². The molecule has 33 heavy (non-hydrogen) atoms. The zero-order valence-electron chi connectivity index (χ0n) is 18.5. The van der Waals surface area contributed by atoms with Crippen molar-refractivity contribution in [2.24, 2.45) is 0 Å². The van der Waals surface area contributed by atoms with Gasteiger partial charge in [-0.3, -0.25) is 4.98 Å². The lowest BCUT2D eigenvalue weighted by molar-refractivity contribution is 0.237. The maximum Gasteiger partial charge on any atom is 0.183 e. The number of piperidine rings is 1. The van der Waals surface area contributed by atoms with E-state index in [1.807, 2.05) is 18.2 Å². The van der Waals surface area contributed by atoms with Crippen molar-refractivity contribution in [3.05, 3.63) is 36.5 Å². The zero-order chi connectivity index (χ0) is 22.8. The van der Waals surface area contributed by atoms with E-state index in [0.29, 0.717) is 17.0 Å². The molecule has 1 atom stereocenters. The van der Waals surface area contributed by atoms with Gasteiger partial charge >= 0.3 is 0 Å². The summed E-state index contributed by atoms with van der Waals surface area (Å²) in [6.45, 7) is 4.35. The molecule has 0 spiro atoms. The molecule has 1 aliphatic heterocycles. The second kappa shape index (κ2) is 9.67. The fourth-order valence-electron chi connectivity index (χ4n) is 4.15. The number of ether oxygens (including phenoxy) is 2. The fourth-order valence-corrected chi connectivity index (χ4v) is 5.35. The molecule has 1 fully saturated rings. The third-order valence-electron chi connectivity index (χ3n) is 5.90. The van der Waals surface area contributed by atoms with Crippen LogP contribution in [0.3, 0.4) is 0 Å². The Hall–Kier alpha value is -2.67. The largest absolute Gasteiger partial charge is 0.504 e. The van der Waals surface area contributed by atoms with Crippen LogP contribution in [0.2, 0.25) is 0 Å². The Morgan fingerprint density at radius 3 is 2.76 bits per heavy atom. The Kier molecular flexibility index (Phi) is 6.49. The molecule has 7 nitrogen and oxygen atoms in total. The highest BCUT2D eigenvalue weighted by atomic mass is 32.1. The number of fused-ring (bicyclic) bond motifs is 2. The summed E-state index contributed by atoms with van der Waals surface area (Å²) >= 11 is 1.63. The highest BCUT2D eigenvalue weighted by molar-refractivity contribution is 7.28. The Bertz CT molecular complexity index is 1290. The van der Waals surface area contributed by atoms with Crippen LogP contribution in [0.15, 0.2) is 36.5 Å². The lowest BCUT2D eigenvalue weighted by atomic mass is 10.1. The van der Waals surface area contributed by atoms with Crippen LogP contribution < -0.4 is 20.1 Å². The van der Waals surface area contributed by atoms with Crippen molar-refractivity contribution in [3.63, 3.8) is 0 Å². The van der Waals surface area contributed by atoms with Crippen LogP contribution in [0.4, 0.5) is 5.13 Å². The van der Waals surface area contributed by atoms with Crippen LogP contribution >= 0.6 is 20.6 Å². The molecule has 5 rings (SSSR count). The van der Waals surface area contributed by atoms with E-state index < -0.39 is 0 Å². The topological polar surface area (TPSA) is 79.7 Å². The number of aromatic hydroxyl groups is 1. The lowest BCUT2D eigenvalue weighted by Crippen LogP contribution is -2.33. The summed E-state index contributed by atoms with van der Waals surface area (Å²) in [4.78, 5) is 11.6. The maximum absolute atomic E-state index is 10.1. The molecule has 0 amide bonds. The molecule has 0 saturated carbocycles. The van der Waals surface area contributed by atoms with E-state index in [4.69, 9.17) is 14.5 Å². The van der Waals surface area contributed by atoms with Gasteiger partial charge in [0.05, 0.1) is 22.8 Å². The Morgan fingerprint density at radius 2 is 1.94 bits per heavy atom. The molecule has 0 aliphatic carbocycles. The summed E-state index contributed by atoms with van der Waals surface area (Å²) in [7, 11) is 4.26. The normalized spacial score (nSPS) is 14.6.